The van der Waals surface area contributed by atoms with Gasteiger partial charge in [0.25, 0.3) is 5.91 Å². The van der Waals surface area contributed by atoms with Gasteiger partial charge in [0.2, 0.25) is 0 Å². The van der Waals surface area contributed by atoms with Crippen molar-refractivity contribution in [2.75, 3.05) is 13.1 Å². The Bertz CT molecular complexity index is 787. The fourth-order valence-electron chi connectivity index (χ4n) is 3.11. The van der Waals surface area contributed by atoms with Crippen molar-refractivity contribution in [3.05, 3.63) is 52.6 Å². The van der Waals surface area contributed by atoms with Gasteiger partial charge < -0.3 is 4.90 Å². The average Bonchev–Trinajstić information content (AvgIpc) is 3.25. The highest BCUT2D eigenvalue weighted by molar-refractivity contribution is 7.08. The Kier molecular flexibility index (Phi) is 3.38. The molecule has 4 heterocycles. The van der Waals surface area contributed by atoms with Crippen molar-refractivity contribution >= 4 is 22.9 Å². The molecule has 1 amide bonds. The Morgan fingerprint density at radius 3 is 2.82 bits per heavy atom. The molecular weight excluding hydrogens is 296 g/mol. The zero-order chi connectivity index (χ0) is 14.9. The highest BCUT2D eigenvalue weighted by Crippen LogP contribution is 2.28. The van der Waals surface area contributed by atoms with Gasteiger partial charge in [-0.3, -0.25) is 4.79 Å². The molecular formula is C16H16N4OS. The summed E-state index contributed by atoms with van der Waals surface area (Å²) in [6.45, 7) is 1.59. The van der Waals surface area contributed by atoms with Gasteiger partial charge in [-0.2, -0.15) is 16.4 Å². The van der Waals surface area contributed by atoms with Gasteiger partial charge in [0.15, 0.2) is 5.65 Å². The van der Waals surface area contributed by atoms with Crippen molar-refractivity contribution in [1.82, 2.24) is 19.5 Å². The van der Waals surface area contributed by atoms with E-state index in [1.807, 2.05) is 44.6 Å². The van der Waals surface area contributed by atoms with E-state index in [0.29, 0.717) is 5.92 Å². The van der Waals surface area contributed by atoms with Crippen LogP contribution >= 0.6 is 11.3 Å². The van der Waals surface area contributed by atoms with Gasteiger partial charge in [0.05, 0.1) is 11.8 Å². The quantitative estimate of drug-likeness (QED) is 0.731. The third kappa shape index (κ3) is 2.29. The minimum Gasteiger partial charge on any atom is -0.339 e. The van der Waals surface area contributed by atoms with E-state index in [9.17, 15) is 4.79 Å². The second kappa shape index (κ2) is 5.53. The maximum Gasteiger partial charge on any atom is 0.254 e. The second-order valence-corrected chi connectivity index (χ2v) is 6.33. The van der Waals surface area contributed by atoms with Crippen molar-refractivity contribution in [3.8, 4) is 0 Å². The van der Waals surface area contributed by atoms with Crippen LogP contribution in [0, 0.1) is 0 Å². The Morgan fingerprint density at radius 2 is 2.05 bits per heavy atom. The molecule has 1 fully saturated rings. The van der Waals surface area contributed by atoms with Gasteiger partial charge in [-0.05, 0) is 30.4 Å². The Balaban J connectivity index is 1.50. The molecule has 0 aliphatic carbocycles. The molecule has 0 radical (unpaired) electrons. The number of hydrogen-bond acceptors (Lipinski definition) is 4. The molecule has 0 unspecified atom stereocenters. The minimum absolute atomic E-state index is 0.152. The number of likely N-dealkylation sites (tertiary alicyclic amines) is 1. The number of hydrogen-bond donors (Lipinski definition) is 0. The standard InChI is InChI=1S/C16H16N4OS/c21-16(13-5-10-22-11-13)19-8-3-12(4-9-19)14-1-6-17-15-2-7-18-20(14)15/h1-2,5-7,10-12H,3-4,8-9H2. The summed E-state index contributed by atoms with van der Waals surface area (Å²) >= 11 is 1.57. The first-order chi connectivity index (χ1) is 10.8. The first-order valence-corrected chi connectivity index (χ1v) is 8.37. The van der Waals surface area contributed by atoms with Crippen LogP contribution in [0.1, 0.15) is 34.8 Å². The van der Waals surface area contributed by atoms with E-state index in [-0.39, 0.29) is 5.91 Å². The summed E-state index contributed by atoms with van der Waals surface area (Å²) in [7, 11) is 0. The lowest BCUT2D eigenvalue weighted by Gasteiger charge is -2.32. The van der Waals surface area contributed by atoms with Gasteiger partial charge in [-0.1, -0.05) is 0 Å². The minimum atomic E-state index is 0.152. The van der Waals surface area contributed by atoms with Gasteiger partial charge in [-0.25, -0.2) is 9.50 Å². The molecule has 0 N–H and O–H groups in total. The van der Waals surface area contributed by atoms with E-state index in [1.165, 1.54) is 5.69 Å². The van der Waals surface area contributed by atoms with Gasteiger partial charge in [0.1, 0.15) is 0 Å². The number of thiophene rings is 1. The van der Waals surface area contributed by atoms with Crippen molar-refractivity contribution in [1.29, 1.82) is 0 Å². The van der Waals surface area contributed by atoms with Crippen LogP contribution < -0.4 is 0 Å². The average molecular weight is 312 g/mol. The van der Waals surface area contributed by atoms with Crippen LogP contribution in [0.15, 0.2) is 41.4 Å². The van der Waals surface area contributed by atoms with Crippen LogP contribution in [0.5, 0.6) is 0 Å². The molecule has 0 atom stereocenters. The fourth-order valence-corrected chi connectivity index (χ4v) is 3.74. The molecule has 112 valence electrons. The van der Waals surface area contributed by atoms with Gasteiger partial charge in [-0.15, -0.1) is 0 Å². The number of fused-ring (bicyclic) bond motifs is 1. The van der Waals surface area contributed by atoms with E-state index in [4.69, 9.17) is 0 Å². The normalized spacial score (nSPS) is 16.3. The lowest BCUT2D eigenvalue weighted by Crippen LogP contribution is -2.38. The number of piperidine rings is 1. The first kappa shape index (κ1) is 13.5. The second-order valence-electron chi connectivity index (χ2n) is 5.55. The molecule has 6 heteroatoms. The zero-order valence-corrected chi connectivity index (χ0v) is 12.9. The molecule has 0 spiro atoms. The molecule has 1 aliphatic rings. The fraction of sp³-hybridized carbons (Fsp3) is 0.312. The van der Waals surface area contributed by atoms with Crippen LogP contribution in [-0.2, 0) is 0 Å². The van der Waals surface area contributed by atoms with Crippen LogP contribution in [0.3, 0.4) is 0 Å². The summed E-state index contributed by atoms with van der Waals surface area (Å²) in [6.07, 6.45) is 5.56. The van der Waals surface area contributed by atoms with E-state index < -0.39 is 0 Å². The lowest BCUT2D eigenvalue weighted by atomic mass is 9.93. The number of nitrogens with zero attached hydrogens (tertiary/aromatic N) is 4. The monoisotopic (exact) mass is 312 g/mol. The molecule has 5 nitrogen and oxygen atoms in total. The molecule has 1 saturated heterocycles. The summed E-state index contributed by atoms with van der Waals surface area (Å²) in [5.74, 6) is 0.579. The third-order valence-electron chi connectivity index (χ3n) is 4.29. The topological polar surface area (TPSA) is 50.5 Å². The van der Waals surface area contributed by atoms with Gasteiger partial charge in [0, 0.05) is 42.3 Å². The summed E-state index contributed by atoms with van der Waals surface area (Å²) in [5, 5.41) is 8.23. The Hall–Kier alpha value is -2.21. The van der Waals surface area contributed by atoms with Crippen molar-refractivity contribution in [2.45, 2.75) is 18.8 Å². The molecule has 1 aliphatic heterocycles. The maximum atomic E-state index is 12.4. The number of carbonyl (C=O) groups excluding carboxylic acids is 1. The van der Waals surface area contributed by atoms with E-state index in [1.54, 1.807) is 17.5 Å². The number of rotatable bonds is 2. The molecule has 0 saturated carbocycles. The molecule has 3 aromatic heterocycles. The molecule has 22 heavy (non-hydrogen) atoms. The first-order valence-electron chi connectivity index (χ1n) is 7.43. The predicted molar refractivity (Wildman–Crippen MR) is 85.2 cm³/mol. The summed E-state index contributed by atoms with van der Waals surface area (Å²) in [6, 6.07) is 5.86. The van der Waals surface area contributed by atoms with E-state index in [0.717, 1.165) is 37.1 Å². The largest absolute Gasteiger partial charge is 0.339 e. The predicted octanol–water partition coefficient (Wildman–Crippen LogP) is 2.81. The third-order valence-corrected chi connectivity index (χ3v) is 4.97. The van der Waals surface area contributed by atoms with Gasteiger partial charge >= 0.3 is 0 Å². The molecule has 0 bridgehead atoms. The van der Waals surface area contributed by atoms with E-state index in [2.05, 4.69) is 10.1 Å². The maximum absolute atomic E-state index is 12.4. The summed E-state index contributed by atoms with van der Waals surface area (Å²) in [5.41, 5.74) is 2.88. The number of amides is 1. The molecule has 3 aromatic rings. The van der Waals surface area contributed by atoms with Crippen molar-refractivity contribution < 1.29 is 4.79 Å². The SMILES string of the molecule is O=C(c1ccsc1)N1CCC(c2ccnc3ccnn23)CC1. The number of carbonyl (C=O) groups is 1. The Morgan fingerprint density at radius 1 is 1.18 bits per heavy atom. The van der Waals surface area contributed by atoms with E-state index >= 15 is 0 Å². The summed E-state index contributed by atoms with van der Waals surface area (Å²) in [4.78, 5) is 18.6. The van der Waals surface area contributed by atoms with Crippen molar-refractivity contribution in [3.63, 3.8) is 0 Å². The van der Waals surface area contributed by atoms with Crippen LogP contribution in [0.4, 0.5) is 0 Å². The molecule has 0 aromatic carbocycles. The highest BCUT2D eigenvalue weighted by Gasteiger charge is 2.26. The van der Waals surface area contributed by atoms with Crippen molar-refractivity contribution in [2.24, 2.45) is 0 Å². The van der Waals surface area contributed by atoms with Crippen LogP contribution in [0.25, 0.3) is 5.65 Å². The summed E-state index contributed by atoms with van der Waals surface area (Å²) < 4.78 is 1.92. The zero-order valence-electron chi connectivity index (χ0n) is 12.1. The molecule has 4 rings (SSSR count). The number of aromatic nitrogens is 3. The Labute approximate surface area is 132 Å². The lowest BCUT2D eigenvalue weighted by molar-refractivity contribution is 0.0712. The van der Waals surface area contributed by atoms with Crippen LogP contribution in [0.2, 0.25) is 0 Å². The van der Waals surface area contributed by atoms with Crippen LogP contribution in [-0.4, -0.2) is 38.5 Å². The smallest absolute Gasteiger partial charge is 0.254 e. The highest BCUT2D eigenvalue weighted by atomic mass is 32.1.